The van der Waals surface area contributed by atoms with Crippen LogP contribution in [0.15, 0.2) is 47.9 Å². The molecule has 0 amide bonds. The third-order valence-corrected chi connectivity index (χ3v) is 3.32. The molecule has 0 bridgehead atoms. The van der Waals surface area contributed by atoms with Crippen molar-refractivity contribution < 1.29 is 4.74 Å². The van der Waals surface area contributed by atoms with Crippen LogP contribution in [0.4, 0.5) is 0 Å². The molecule has 0 unspecified atom stereocenters. The summed E-state index contributed by atoms with van der Waals surface area (Å²) in [6, 6.07) is 9.87. The molecule has 1 aromatic heterocycles. The number of ether oxygens (including phenoxy) is 1. The van der Waals surface area contributed by atoms with Gasteiger partial charge in [-0.15, -0.1) is 0 Å². The lowest BCUT2D eigenvalue weighted by Gasteiger charge is -2.06. The molecule has 0 saturated heterocycles. The van der Waals surface area contributed by atoms with Gasteiger partial charge in [0.15, 0.2) is 5.16 Å². The van der Waals surface area contributed by atoms with Crippen LogP contribution in [0, 0.1) is 0 Å². The van der Waals surface area contributed by atoms with Crippen molar-refractivity contribution in [3.63, 3.8) is 0 Å². The van der Waals surface area contributed by atoms with E-state index in [1.165, 1.54) is 5.56 Å². The Labute approximate surface area is 117 Å². The Bertz CT molecular complexity index is 476. The number of rotatable bonds is 7. The van der Waals surface area contributed by atoms with Crippen LogP contribution in [0.25, 0.3) is 0 Å². The molecule has 0 aliphatic rings. The van der Waals surface area contributed by atoms with E-state index in [1.807, 2.05) is 18.2 Å². The first-order chi connectivity index (χ1) is 9.38. The average Bonchev–Trinajstić information content (AvgIpc) is 2.47. The van der Waals surface area contributed by atoms with Crippen molar-refractivity contribution in [3.05, 3.63) is 48.3 Å². The van der Waals surface area contributed by atoms with Crippen LogP contribution in [-0.2, 0) is 6.42 Å². The number of aromatic nitrogens is 2. The molecule has 2 aromatic rings. The molecule has 0 aliphatic carbocycles. The topological polar surface area (TPSA) is 61.0 Å². The first-order valence-electron chi connectivity index (χ1n) is 6.20. The third-order valence-electron chi connectivity index (χ3n) is 2.48. The molecule has 0 atom stereocenters. The third kappa shape index (κ3) is 4.89. The van der Waals surface area contributed by atoms with Gasteiger partial charge in [0.25, 0.3) is 0 Å². The summed E-state index contributed by atoms with van der Waals surface area (Å²) >= 11 is 1.59. The fourth-order valence-electron chi connectivity index (χ4n) is 1.57. The zero-order valence-corrected chi connectivity index (χ0v) is 11.5. The van der Waals surface area contributed by atoms with Gasteiger partial charge < -0.3 is 10.5 Å². The fraction of sp³-hybridized carbons (Fsp3) is 0.286. The van der Waals surface area contributed by atoms with Crippen molar-refractivity contribution >= 4 is 11.8 Å². The van der Waals surface area contributed by atoms with Crippen molar-refractivity contribution in [2.24, 2.45) is 5.73 Å². The maximum atomic E-state index is 5.65. The molecular weight excluding hydrogens is 258 g/mol. The van der Waals surface area contributed by atoms with Crippen LogP contribution < -0.4 is 10.5 Å². The summed E-state index contributed by atoms with van der Waals surface area (Å²) in [4.78, 5) is 8.28. The Balaban J connectivity index is 1.70. The second-order valence-corrected chi connectivity index (χ2v) is 4.97. The van der Waals surface area contributed by atoms with E-state index in [-0.39, 0.29) is 0 Å². The number of benzene rings is 1. The molecule has 19 heavy (non-hydrogen) atoms. The number of hydrogen-bond acceptors (Lipinski definition) is 5. The normalized spacial score (nSPS) is 10.4. The zero-order valence-electron chi connectivity index (χ0n) is 10.7. The van der Waals surface area contributed by atoms with Crippen molar-refractivity contribution in [1.82, 2.24) is 9.97 Å². The first-order valence-corrected chi connectivity index (χ1v) is 7.18. The minimum absolute atomic E-state index is 0.638. The monoisotopic (exact) mass is 275 g/mol. The summed E-state index contributed by atoms with van der Waals surface area (Å²) in [5.41, 5.74) is 6.74. The average molecular weight is 275 g/mol. The highest BCUT2D eigenvalue weighted by atomic mass is 32.2. The minimum Gasteiger partial charge on any atom is -0.493 e. The van der Waals surface area contributed by atoms with E-state index < -0.39 is 0 Å². The van der Waals surface area contributed by atoms with Crippen LogP contribution >= 0.6 is 11.8 Å². The predicted molar refractivity (Wildman–Crippen MR) is 77.5 cm³/mol. The Hall–Kier alpha value is -1.59. The number of nitrogens with two attached hydrogens (primary N) is 1. The minimum atomic E-state index is 0.638. The second kappa shape index (κ2) is 7.76. The molecule has 0 aliphatic heterocycles. The molecule has 4 nitrogen and oxygen atoms in total. The van der Waals surface area contributed by atoms with Crippen LogP contribution in [0.2, 0.25) is 0 Å². The lowest BCUT2D eigenvalue weighted by molar-refractivity contribution is 0.344. The van der Waals surface area contributed by atoms with E-state index >= 15 is 0 Å². The molecule has 1 aromatic carbocycles. The van der Waals surface area contributed by atoms with Gasteiger partial charge in [-0.25, -0.2) is 9.97 Å². The number of hydrogen-bond donors (Lipinski definition) is 1. The first kappa shape index (κ1) is 13.8. The molecule has 0 radical (unpaired) electrons. The Kier molecular flexibility index (Phi) is 5.65. The highest BCUT2D eigenvalue weighted by Gasteiger charge is 1.98. The maximum absolute atomic E-state index is 5.65. The van der Waals surface area contributed by atoms with Crippen LogP contribution in [0.5, 0.6) is 5.75 Å². The van der Waals surface area contributed by atoms with Gasteiger partial charge in [-0.1, -0.05) is 23.9 Å². The molecule has 1 heterocycles. The summed E-state index contributed by atoms with van der Waals surface area (Å²) in [7, 11) is 0. The van der Waals surface area contributed by atoms with Gasteiger partial charge in [0.05, 0.1) is 6.61 Å². The molecule has 0 spiro atoms. The summed E-state index contributed by atoms with van der Waals surface area (Å²) < 4.78 is 5.65. The highest BCUT2D eigenvalue weighted by molar-refractivity contribution is 7.99. The van der Waals surface area contributed by atoms with Gasteiger partial charge in [0, 0.05) is 18.1 Å². The Morgan fingerprint density at radius 2 is 1.84 bits per heavy atom. The van der Waals surface area contributed by atoms with Gasteiger partial charge in [-0.05, 0) is 36.7 Å². The molecule has 0 saturated carbocycles. The van der Waals surface area contributed by atoms with Gasteiger partial charge >= 0.3 is 0 Å². The van der Waals surface area contributed by atoms with Gasteiger partial charge in [0.1, 0.15) is 5.75 Å². The Morgan fingerprint density at radius 3 is 2.53 bits per heavy atom. The van der Waals surface area contributed by atoms with Gasteiger partial charge in [-0.2, -0.15) is 0 Å². The van der Waals surface area contributed by atoms with E-state index in [0.29, 0.717) is 13.2 Å². The fourth-order valence-corrected chi connectivity index (χ4v) is 2.19. The van der Waals surface area contributed by atoms with Crippen LogP contribution in [0.1, 0.15) is 5.56 Å². The van der Waals surface area contributed by atoms with E-state index in [0.717, 1.165) is 23.1 Å². The lowest BCUT2D eigenvalue weighted by Crippen LogP contribution is -2.03. The SMILES string of the molecule is NCCc1ccc(OCCSc2ncccn2)cc1. The standard InChI is InChI=1S/C14H17N3OS/c15-7-6-12-2-4-13(5-3-12)18-10-11-19-14-16-8-1-9-17-14/h1-5,8-9H,6-7,10-11,15H2. The van der Waals surface area contributed by atoms with E-state index in [1.54, 1.807) is 24.2 Å². The molecular formula is C14H17N3OS. The summed E-state index contributed by atoms with van der Waals surface area (Å²) in [5, 5.41) is 0.782. The quantitative estimate of drug-likeness (QED) is 0.476. The summed E-state index contributed by atoms with van der Waals surface area (Å²) in [6.07, 6.45) is 4.39. The van der Waals surface area contributed by atoms with E-state index in [4.69, 9.17) is 10.5 Å². The van der Waals surface area contributed by atoms with Crippen LogP contribution in [-0.4, -0.2) is 28.9 Å². The van der Waals surface area contributed by atoms with Crippen molar-refractivity contribution in [2.75, 3.05) is 18.9 Å². The van der Waals surface area contributed by atoms with Gasteiger partial charge in [0.2, 0.25) is 0 Å². The summed E-state index contributed by atoms with van der Waals surface area (Å²) in [6.45, 7) is 1.31. The van der Waals surface area contributed by atoms with Gasteiger partial charge in [-0.3, -0.25) is 0 Å². The smallest absolute Gasteiger partial charge is 0.187 e. The van der Waals surface area contributed by atoms with E-state index in [9.17, 15) is 0 Å². The largest absolute Gasteiger partial charge is 0.493 e. The highest BCUT2D eigenvalue weighted by Crippen LogP contribution is 2.14. The molecule has 0 fully saturated rings. The number of thioether (sulfide) groups is 1. The van der Waals surface area contributed by atoms with E-state index in [2.05, 4.69) is 22.1 Å². The summed E-state index contributed by atoms with van der Waals surface area (Å²) in [5.74, 6) is 1.71. The maximum Gasteiger partial charge on any atom is 0.187 e. The number of nitrogens with zero attached hydrogens (tertiary/aromatic N) is 2. The Morgan fingerprint density at radius 1 is 1.11 bits per heavy atom. The van der Waals surface area contributed by atoms with Crippen molar-refractivity contribution in [1.29, 1.82) is 0 Å². The molecule has 5 heteroatoms. The zero-order chi connectivity index (χ0) is 13.3. The lowest BCUT2D eigenvalue weighted by atomic mass is 10.1. The second-order valence-electron chi connectivity index (χ2n) is 3.91. The molecule has 2 N–H and O–H groups in total. The van der Waals surface area contributed by atoms with Crippen molar-refractivity contribution in [2.45, 2.75) is 11.6 Å². The predicted octanol–water partition coefficient (Wildman–Crippen LogP) is 2.15. The van der Waals surface area contributed by atoms with Crippen LogP contribution in [0.3, 0.4) is 0 Å². The molecule has 2 rings (SSSR count). The van der Waals surface area contributed by atoms with Crippen molar-refractivity contribution in [3.8, 4) is 5.75 Å². The molecule has 100 valence electrons.